The number of carbonyl (C=O) groups is 2. The van der Waals surface area contributed by atoms with Gasteiger partial charge in [0.2, 0.25) is 5.91 Å². The first-order valence-electron chi connectivity index (χ1n) is 31.4. The maximum Gasteiger partial charge on any atom is 0.305 e. The lowest BCUT2D eigenvalue weighted by Crippen LogP contribution is -2.45. The van der Waals surface area contributed by atoms with Crippen molar-refractivity contribution < 1.29 is 24.5 Å². The molecule has 0 bridgehead atoms. The van der Waals surface area contributed by atoms with E-state index in [1.54, 1.807) is 6.08 Å². The molecular weight excluding hydrogens is 875 g/mol. The number of hydrogen-bond donors (Lipinski definition) is 3. The van der Waals surface area contributed by atoms with Crippen molar-refractivity contribution in [1.82, 2.24) is 5.32 Å². The van der Waals surface area contributed by atoms with Crippen molar-refractivity contribution in [2.24, 2.45) is 0 Å². The Hall–Kier alpha value is -2.18. The van der Waals surface area contributed by atoms with Gasteiger partial charge in [-0.05, 0) is 89.9 Å². The highest BCUT2D eigenvalue weighted by Gasteiger charge is 2.18. The van der Waals surface area contributed by atoms with Gasteiger partial charge in [0.15, 0.2) is 0 Å². The molecule has 6 nitrogen and oxygen atoms in total. The minimum Gasteiger partial charge on any atom is -0.466 e. The summed E-state index contributed by atoms with van der Waals surface area (Å²) in [7, 11) is 0. The van der Waals surface area contributed by atoms with E-state index in [2.05, 4.69) is 55.6 Å². The fraction of sp³-hybridized carbons (Fsp3) is 0.846. The van der Waals surface area contributed by atoms with Crippen molar-refractivity contribution in [2.45, 2.75) is 341 Å². The van der Waals surface area contributed by atoms with Crippen LogP contribution >= 0.6 is 0 Å². The first-order valence-corrected chi connectivity index (χ1v) is 31.4. The van der Waals surface area contributed by atoms with Gasteiger partial charge in [-0.1, -0.05) is 274 Å². The molecule has 0 aliphatic carbocycles. The lowest BCUT2D eigenvalue weighted by atomic mass is 10.0. The van der Waals surface area contributed by atoms with Gasteiger partial charge in [0.25, 0.3) is 0 Å². The number of ether oxygens (including phenoxy) is 1. The molecule has 0 aliphatic heterocycles. The quantitative estimate of drug-likeness (QED) is 0.0321. The van der Waals surface area contributed by atoms with E-state index in [1.807, 2.05) is 6.08 Å². The fourth-order valence-electron chi connectivity index (χ4n) is 9.48. The summed E-state index contributed by atoms with van der Waals surface area (Å²) >= 11 is 0. The van der Waals surface area contributed by atoms with Gasteiger partial charge in [-0.3, -0.25) is 9.59 Å². The number of esters is 1. The Balaban J connectivity index is 3.41. The highest BCUT2D eigenvalue weighted by atomic mass is 16.5. The zero-order valence-electron chi connectivity index (χ0n) is 47.5. The van der Waals surface area contributed by atoms with Gasteiger partial charge in [0, 0.05) is 12.8 Å². The molecule has 2 unspecified atom stereocenters. The molecule has 1 amide bonds. The third kappa shape index (κ3) is 57.0. The topological polar surface area (TPSA) is 95.9 Å². The molecule has 416 valence electrons. The predicted molar refractivity (Wildman–Crippen MR) is 310 cm³/mol. The van der Waals surface area contributed by atoms with E-state index in [4.69, 9.17) is 4.74 Å². The summed E-state index contributed by atoms with van der Waals surface area (Å²) in [6.45, 7) is 4.88. The van der Waals surface area contributed by atoms with Crippen molar-refractivity contribution in [2.75, 3.05) is 13.2 Å². The molecule has 3 N–H and O–H groups in total. The minimum atomic E-state index is -0.844. The van der Waals surface area contributed by atoms with E-state index in [0.717, 1.165) is 51.4 Å². The third-order valence-electron chi connectivity index (χ3n) is 14.3. The molecule has 0 aromatic rings. The van der Waals surface area contributed by atoms with Crippen LogP contribution in [0.3, 0.4) is 0 Å². The molecule has 0 spiro atoms. The second-order valence-electron chi connectivity index (χ2n) is 21.4. The number of allylic oxidation sites excluding steroid dienone is 7. The molecule has 71 heavy (non-hydrogen) atoms. The summed E-state index contributed by atoms with van der Waals surface area (Å²) in [5.74, 6) is -0.0675. The number of aliphatic hydroxyl groups excluding tert-OH is 2. The smallest absolute Gasteiger partial charge is 0.305 e. The third-order valence-corrected chi connectivity index (χ3v) is 14.3. The Labute approximate surface area is 442 Å². The van der Waals surface area contributed by atoms with Crippen LogP contribution in [-0.2, 0) is 14.3 Å². The van der Waals surface area contributed by atoms with Gasteiger partial charge in [0.1, 0.15) is 0 Å². The summed E-state index contributed by atoms with van der Waals surface area (Å²) in [4.78, 5) is 24.5. The second kappa shape index (κ2) is 60.4. The van der Waals surface area contributed by atoms with E-state index in [0.29, 0.717) is 19.4 Å². The van der Waals surface area contributed by atoms with Crippen molar-refractivity contribution in [3.63, 3.8) is 0 Å². The fourth-order valence-corrected chi connectivity index (χ4v) is 9.48. The van der Waals surface area contributed by atoms with Crippen LogP contribution in [0.1, 0.15) is 328 Å². The van der Waals surface area contributed by atoms with Crippen molar-refractivity contribution in [3.8, 4) is 0 Å². The number of carbonyl (C=O) groups excluding carboxylic acids is 2. The van der Waals surface area contributed by atoms with Gasteiger partial charge >= 0.3 is 5.97 Å². The lowest BCUT2D eigenvalue weighted by molar-refractivity contribution is -0.143. The zero-order chi connectivity index (χ0) is 51.4. The first-order chi connectivity index (χ1) is 35.0. The second-order valence-corrected chi connectivity index (χ2v) is 21.4. The number of amides is 1. The molecule has 0 radical (unpaired) electrons. The Bertz CT molecular complexity index is 1190. The maximum absolute atomic E-state index is 12.4. The van der Waals surface area contributed by atoms with Crippen molar-refractivity contribution in [1.29, 1.82) is 0 Å². The molecule has 0 fully saturated rings. The molecule has 0 aromatic carbocycles. The Morgan fingerprint density at radius 2 is 0.704 bits per heavy atom. The SMILES string of the molecule is CCCCCCC/C=C\CCCCCCCC(=O)OCCCCCCCCCCC/C=C\C/C=C\CCCCCCCCCCCCCCCC(=O)NC(CO)C(O)/C=C/CCCCCCCCCCC. The highest BCUT2D eigenvalue weighted by molar-refractivity contribution is 5.76. The van der Waals surface area contributed by atoms with Crippen LogP contribution in [0.15, 0.2) is 48.6 Å². The summed E-state index contributed by atoms with van der Waals surface area (Å²) < 4.78 is 5.47. The van der Waals surface area contributed by atoms with Crippen LogP contribution in [0, 0.1) is 0 Å². The number of hydrogen-bond acceptors (Lipinski definition) is 5. The summed E-state index contributed by atoms with van der Waals surface area (Å²) in [6.07, 6.45) is 77.4. The van der Waals surface area contributed by atoms with Crippen LogP contribution in [0.2, 0.25) is 0 Å². The van der Waals surface area contributed by atoms with E-state index in [-0.39, 0.29) is 18.5 Å². The van der Waals surface area contributed by atoms with Crippen LogP contribution in [0.25, 0.3) is 0 Å². The predicted octanol–water partition coefficient (Wildman–Crippen LogP) is 19.7. The molecule has 0 aliphatic rings. The van der Waals surface area contributed by atoms with E-state index < -0.39 is 12.1 Å². The molecule has 6 heteroatoms. The summed E-state index contributed by atoms with van der Waals surface area (Å²) in [5, 5.41) is 23.0. The van der Waals surface area contributed by atoms with Crippen molar-refractivity contribution >= 4 is 11.9 Å². The minimum absolute atomic E-state index is 0.00272. The average Bonchev–Trinajstić information content (AvgIpc) is 3.37. The maximum atomic E-state index is 12.4. The number of unbranched alkanes of at least 4 members (excludes halogenated alkanes) is 41. The van der Waals surface area contributed by atoms with Crippen LogP contribution < -0.4 is 5.32 Å². The van der Waals surface area contributed by atoms with Gasteiger partial charge in [-0.2, -0.15) is 0 Å². The molecule has 0 saturated carbocycles. The van der Waals surface area contributed by atoms with Gasteiger partial charge in [0.05, 0.1) is 25.4 Å². The van der Waals surface area contributed by atoms with Crippen molar-refractivity contribution in [3.05, 3.63) is 48.6 Å². The largest absolute Gasteiger partial charge is 0.466 e. The number of aliphatic hydroxyl groups is 2. The molecule has 0 aromatic heterocycles. The molecular formula is C65H121NO5. The Morgan fingerprint density at radius 3 is 1.08 bits per heavy atom. The Morgan fingerprint density at radius 1 is 0.394 bits per heavy atom. The first kappa shape index (κ1) is 68.8. The monoisotopic (exact) mass is 996 g/mol. The van der Waals surface area contributed by atoms with Crippen LogP contribution in [0.5, 0.6) is 0 Å². The number of nitrogens with one attached hydrogen (secondary N) is 1. The van der Waals surface area contributed by atoms with E-state index >= 15 is 0 Å². The van der Waals surface area contributed by atoms with Gasteiger partial charge < -0.3 is 20.3 Å². The van der Waals surface area contributed by atoms with E-state index in [1.165, 1.54) is 250 Å². The molecule has 0 heterocycles. The molecule has 0 saturated heterocycles. The van der Waals surface area contributed by atoms with Gasteiger partial charge in [-0.25, -0.2) is 0 Å². The zero-order valence-corrected chi connectivity index (χ0v) is 47.5. The summed E-state index contributed by atoms with van der Waals surface area (Å²) in [6, 6.07) is -0.628. The highest BCUT2D eigenvalue weighted by Crippen LogP contribution is 2.16. The average molecular weight is 997 g/mol. The molecule has 2 atom stereocenters. The number of rotatable bonds is 58. The van der Waals surface area contributed by atoms with Crippen LogP contribution in [-0.4, -0.2) is 47.4 Å². The summed E-state index contributed by atoms with van der Waals surface area (Å²) in [5.41, 5.74) is 0. The standard InChI is InChI=1S/C65H121NO5/c1-3-5-7-9-11-13-15-16-35-39-43-47-51-55-59-65(70)71-60-56-52-48-44-40-36-33-31-29-27-25-23-21-19-17-18-20-22-24-26-28-30-32-34-38-42-46-50-54-58-64(69)66-62(61-67)63(68)57-53-49-45-41-37-14-12-10-8-6-4-2/h15-17,19,23,25,53,57,62-63,67-68H,3-14,18,20-22,24,26-52,54-56,58-61H2,1-2H3,(H,66,69)/b16-15-,19-17-,25-23-,57-53+. The van der Waals surface area contributed by atoms with Gasteiger partial charge in [-0.15, -0.1) is 0 Å². The Kier molecular flexibility index (Phi) is 58.5. The van der Waals surface area contributed by atoms with E-state index in [9.17, 15) is 19.8 Å². The normalized spacial score (nSPS) is 12.9. The van der Waals surface area contributed by atoms with Crippen LogP contribution in [0.4, 0.5) is 0 Å². The lowest BCUT2D eigenvalue weighted by Gasteiger charge is -2.20. The molecule has 0 rings (SSSR count).